The average molecular weight is 154 g/mol. The quantitative estimate of drug-likeness (QED) is 0.531. The van der Waals surface area contributed by atoms with E-state index in [9.17, 15) is 4.79 Å². The highest BCUT2D eigenvalue weighted by Crippen LogP contribution is 2.38. The van der Waals surface area contributed by atoms with Crippen molar-refractivity contribution in [3.63, 3.8) is 0 Å². The van der Waals surface area contributed by atoms with Gasteiger partial charge in [0.05, 0.1) is 0 Å². The Bertz CT molecular complexity index is 205. The van der Waals surface area contributed by atoms with Gasteiger partial charge in [0.15, 0.2) is 5.78 Å². The van der Waals surface area contributed by atoms with Gasteiger partial charge in [-0.2, -0.15) is 0 Å². The molecular formula is C8H10OS. The van der Waals surface area contributed by atoms with Crippen molar-refractivity contribution in [3.8, 4) is 0 Å². The topological polar surface area (TPSA) is 17.1 Å². The maximum atomic E-state index is 11.2. The molecule has 0 spiro atoms. The van der Waals surface area contributed by atoms with Crippen LogP contribution in [0, 0.1) is 0 Å². The minimum atomic E-state index is 0.422. The monoisotopic (exact) mass is 154 g/mol. The Kier molecular flexibility index (Phi) is 1.57. The van der Waals surface area contributed by atoms with Crippen molar-refractivity contribution in [2.24, 2.45) is 0 Å². The van der Waals surface area contributed by atoms with E-state index in [4.69, 9.17) is 0 Å². The van der Waals surface area contributed by atoms with Gasteiger partial charge in [0.25, 0.3) is 0 Å². The fourth-order valence-corrected chi connectivity index (χ4v) is 2.81. The van der Waals surface area contributed by atoms with Crippen LogP contribution in [-0.4, -0.2) is 11.5 Å². The zero-order chi connectivity index (χ0) is 6.97. The molecular weight excluding hydrogens is 144 g/mol. The number of allylic oxidation sites excluding steroid dienone is 2. The van der Waals surface area contributed by atoms with Gasteiger partial charge >= 0.3 is 0 Å². The summed E-state index contributed by atoms with van der Waals surface area (Å²) in [5.74, 6) is 1.57. The van der Waals surface area contributed by atoms with Crippen molar-refractivity contribution in [3.05, 3.63) is 10.5 Å². The Hall–Kier alpha value is -0.240. The van der Waals surface area contributed by atoms with Gasteiger partial charge in [-0.3, -0.25) is 4.79 Å². The van der Waals surface area contributed by atoms with Gasteiger partial charge in [0, 0.05) is 17.7 Å². The van der Waals surface area contributed by atoms with Gasteiger partial charge in [-0.1, -0.05) is 0 Å². The van der Waals surface area contributed by atoms with Gasteiger partial charge in [-0.15, -0.1) is 11.8 Å². The summed E-state index contributed by atoms with van der Waals surface area (Å²) in [5.41, 5.74) is 1.16. The fourth-order valence-electron chi connectivity index (χ4n) is 1.58. The van der Waals surface area contributed by atoms with E-state index in [-0.39, 0.29) is 0 Å². The molecule has 1 heterocycles. The van der Waals surface area contributed by atoms with Gasteiger partial charge in [-0.05, 0) is 24.2 Å². The molecule has 0 atom stereocenters. The molecule has 2 heteroatoms. The van der Waals surface area contributed by atoms with Crippen LogP contribution in [-0.2, 0) is 4.79 Å². The van der Waals surface area contributed by atoms with Crippen LogP contribution in [0.4, 0.5) is 0 Å². The van der Waals surface area contributed by atoms with E-state index >= 15 is 0 Å². The lowest BCUT2D eigenvalue weighted by molar-refractivity contribution is -0.116. The van der Waals surface area contributed by atoms with Crippen LogP contribution in [0.15, 0.2) is 10.5 Å². The number of Topliss-reactive ketones (excluding diaryl/α,β-unsaturated/α-hetero) is 1. The van der Waals surface area contributed by atoms with Gasteiger partial charge in [-0.25, -0.2) is 0 Å². The molecule has 1 aliphatic heterocycles. The zero-order valence-corrected chi connectivity index (χ0v) is 6.67. The fraction of sp³-hybridized carbons (Fsp3) is 0.625. The number of thioether (sulfide) groups is 1. The lowest BCUT2D eigenvalue weighted by Gasteiger charge is -2.10. The molecule has 0 bridgehead atoms. The van der Waals surface area contributed by atoms with E-state index in [1.54, 1.807) is 0 Å². The molecule has 1 nitrogen and oxygen atoms in total. The van der Waals surface area contributed by atoms with E-state index in [1.165, 1.54) is 11.3 Å². The zero-order valence-electron chi connectivity index (χ0n) is 5.85. The minimum absolute atomic E-state index is 0.422. The van der Waals surface area contributed by atoms with Gasteiger partial charge < -0.3 is 0 Å². The Labute approximate surface area is 64.9 Å². The van der Waals surface area contributed by atoms with Crippen molar-refractivity contribution >= 4 is 17.5 Å². The molecule has 2 aliphatic rings. The molecule has 2 rings (SSSR count). The second-order valence-corrected chi connectivity index (χ2v) is 3.97. The summed E-state index contributed by atoms with van der Waals surface area (Å²) in [7, 11) is 0. The molecule has 0 N–H and O–H groups in total. The van der Waals surface area contributed by atoms with E-state index in [1.807, 2.05) is 11.8 Å². The van der Waals surface area contributed by atoms with Crippen LogP contribution in [0.25, 0.3) is 0 Å². The molecule has 1 aliphatic carbocycles. The third-order valence-electron chi connectivity index (χ3n) is 2.11. The predicted octanol–water partition coefficient (Wildman–Crippen LogP) is 2.13. The standard InChI is InChI=1S/C8H10OS/c9-7-2-1-3-8-6(7)4-5-10-8/h1-5H2. The first-order valence-corrected chi connectivity index (χ1v) is 4.74. The summed E-state index contributed by atoms with van der Waals surface area (Å²) >= 11 is 1.89. The van der Waals surface area contributed by atoms with E-state index < -0.39 is 0 Å². The smallest absolute Gasteiger partial charge is 0.159 e. The maximum Gasteiger partial charge on any atom is 0.159 e. The minimum Gasteiger partial charge on any atom is -0.295 e. The lowest BCUT2D eigenvalue weighted by atomic mass is 9.96. The van der Waals surface area contributed by atoms with Gasteiger partial charge in [0.2, 0.25) is 0 Å². The molecule has 0 amide bonds. The first kappa shape index (κ1) is 6.47. The van der Waals surface area contributed by atoms with Crippen LogP contribution in [0.3, 0.4) is 0 Å². The van der Waals surface area contributed by atoms with Crippen LogP contribution in [0.1, 0.15) is 25.7 Å². The van der Waals surface area contributed by atoms with E-state index in [0.717, 1.165) is 30.6 Å². The van der Waals surface area contributed by atoms with Crippen molar-refractivity contribution in [1.29, 1.82) is 0 Å². The SMILES string of the molecule is O=C1CCCC2=C1CCS2. The van der Waals surface area contributed by atoms with Crippen molar-refractivity contribution in [2.75, 3.05) is 5.75 Å². The molecule has 10 heavy (non-hydrogen) atoms. The van der Waals surface area contributed by atoms with Crippen molar-refractivity contribution < 1.29 is 4.79 Å². The first-order chi connectivity index (χ1) is 4.88. The van der Waals surface area contributed by atoms with Crippen molar-refractivity contribution in [1.82, 2.24) is 0 Å². The Morgan fingerprint density at radius 2 is 2.10 bits per heavy atom. The van der Waals surface area contributed by atoms with E-state index in [2.05, 4.69) is 0 Å². The molecule has 0 radical (unpaired) electrons. The van der Waals surface area contributed by atoms with Gasteiger partial charge in [0.1, 0.15) is 0 Å². The summed E-state index contributed by atoms with van der Waals surface area (Å²) in [5, 5.41) is 0. The van der Waals surface area contributed by atoms with Crippen LogP contribution in [0.2, 0.25) is 0 Å². The third-order valence-corrected chi connectivity index (χ3v) is 3.32. The average Bonchev–Trinajstić information content (AvgIpc) is 2.36. The van der Waals surface area contributed by atoms with Crippen LogP contribution >= 0.6 is 11.8 Å². The lowest BCUT2D eigenvalue weighted by Crippen LogP contribution is -2.06. The summed E-state index contributed by atoms with van der Waals surface area (Å²) in [6, 6.07) is 0. The number of hydrogen-bond acceptors (Lipinski definition) is 2. The normalized spacial score (nSPS) is 25.4. The first-order valence-electron chi connectivity index (χ1n) is 3.76. The second-order valence-electron chi connectivity index (χ2n) is 2.78. The summed E-state index contributed by atoms with van der Waals surface area (Å²) < 4.78 is 0. The number of hydrogen-bond donors (Lipinski definition) is 0. The number of carbonyl (C=O) groups excluding carboxylic acids is 1. The summed E-state index contributed by atoms with van der Waals surface area (Å²) in [6.07, 6.45) is 4.11. The van der Waals surface area contributed by atoms with E-state index in [0.29, 0.717) is 5.78 Å². The Morgan fingerprint density at radius 1 is 1.20 bits per heavy atom. The molecule has 0 aromatic rings. The Balaban J connectivity index is 2.31. The number of rotatable bonds is 0. The highest BCUT2D eigenvalue weighted by atomic mass is 32.2. The predicted molar refractivity (Wildman–Crippen MR) is 43.0 cm³/mol. The Morgan fingerprint density at radius 3 is 2.90 bits per heavy atom. The van der Waals surface area contributed by atoms with Crippen LogP contribution in [0.5, 0.6) is 0 Å². The van der Waals surface area contributed by atoms with Crippen molar-refractivity contribution in [2.45, 2.75) is 25.7 Å². The second kappa shape index (κ2) is 2.42. The molecule has 0 saturated carbocycles. The molecule has 0 aromatic carbocycles. The molecule has 0 fully saturated rings. The largest absolute Gasteiger partial charge is 0.295 e. The van der Waals surface area contributed by atoms with Crippen LogP contribution < -0.4 is 0 Å². The number of carbonyl (C=O) groups is 1. The highest BCUT2D eigenvalue weighted by molar-refractivity contribution is 8.03. The highest BCUT2D eigenvalue weighted by Gasteiger charge is 2.24. The number of ketones is 1. The summed E-state index contributed by atoms with van der Waals surface area (Å²) in [4.78, 5) is 12.6. The maximum absolute atomic E-state index is 11.2. The molecule has 0 aromatic heterocycles. The summed E-state index contributed by atoms with van der Waals surface area (Å²) in [6.45, 7) is 0. The third kappa shape index (κ3) is 0.908. The molecule has 54 valence electrons. The molecule has 0 unspecified atom stereocenters. The molecule has 0 saturated heterocycles.